The molecule has 2 N–H and O–H groups in total. The summed E-state index contributed by atoms with van der Waals surface area (Å²) in [4.78, 5) is 19.0. The summed E-state index contributed by atoms with van der Waals surface area (Å²) >= 11 is 0. The molecule has 5 nitrogen and oxygen atoms in total. The van der Waals surface area contributed by atoms with Crippen LogP contribution >= 0.6 is 0 Å². The Balaban J connectivity index is 2.00. The first kappa shape index (κ1) is 21.3. The summed E-state index contributed by atoms with van der Waals surface area (Å²) in [6.07, 6.45) is 2.73. The largest absolute Gasteiger partial charge is 0.359 e. The van der Waals surface area contributed by atoms with Crippen LogP contribution in [0.5, 0.6) is 0 Å². The second-order valence-corrected chi connectivity index (χ2v) is 7.76. The number of guanidine groups is 1. The van der Waals surface area contributed by atoms with Crippen LogP contribution in [0.1, 0.15) is 51.5 Å². The van der Waals surface area contributed by atoms with Gasteiger partial charge in [-0.25, -0.2) is 0 Å². The Hall–Kier alpha value is -2.04. The van der Waals surface area contributed by atoms with Crippen molar-refractivity contribution in [3.63, 3.8) is 0 Å². The second-order valence-electron chi connectivity index (χ2n) is 7.76. The molecule has 0 radical (unpaired) electrons. The van der Waals surface area contributed by atoms with Gasteiger partial charge >= 0.3 is 0 Å². The van der Waals surface area contributed by atoms with Crippen LogP contribution < -0.4 is 10.6 Å². The van der Waals surface area contributed by atoms with Gasteiger partial charge in [0.25, 0.3) is 0 Å². The molecule has 27 heavy (non-hydrogen) atoms. The molecule has 1 amide bonds. The fourth-order valence-corrected chi connectivity index (χ4v) is 3.73. The highest BCUT2D eigenvalue weighted by atomic mass is 16.1. The van der Waals surface area contributed by atoms with Gasteiger partial charge in [-0.15, -0.1) is 0 Å². The number of rotatable bonds is 7. The van der Waals surface area contributed by atoms with Gasteiger partial charge < -0.3 is 15.5 Å². The summed E-state index contributed by atoms with van der Waals surface area (Å²) in [5.41, 5.74) is 1.36. The van der Waals surface area contributed by atoms with Gasteiger partial charge in [0.2, 0.25) is 5.91 Å². The molecule has 0 bridgehead atoms. The highest BCUT2D eigenvalue weighted by Gasteiger charge is 2.23. The van der Waals surface area contributed by atoms with Crippen LogP contribution in [0.15, 0.2) is 35.3 Å². The number of amides is 1. The molecule has 0 spiro atoms. The normalized spacial score (nSPS) is 17.1. The number of carbonyl (C=O) groups excluding carboxylic acids is 1. The zero-order valence-electron chi connectivity index (χ0n) is 17.4. The summed E-state index contributed by atoms with van der Waals surface area (Å²) in [5, 5.41) is 6.20. The molecular weight excluding hydrogens is 336 g/mol. The molecule has 0 aromatic heterocycles. The summed E-state index contributed by atoms with van der Waals surface area (Å²) in [6, 6.07) is 10.7. The number of likely N-dealkylation sites (tertiary alicyclic amines) is 1. The summed E-state index contributed by atoms with van der Waals surface area (Å²) in [5.74, 6) is 2.61. The quantitative estimate of drug-likeness (QED) is 0.571. The SMILES string of the molecule is CCNC(=NCC(c1ccccc1)C(C)C)N1CCC(CC(=O)NC)CC1. The van der Waals surface area contributed by atoms with Crippen molar-refractivity contribution < 1.29 is 4.79 Å². The molecule has 1 aliphatic heterocycles. The van der Waals surface area contributed by atoms with Gasteiger partial charge in [0, 0.05) is 45.6 Å². The van der Waals surface area contributed by atoms with Crippen molar-refractivity contribution >= 4 is 11.9 Å². The minimum Gasteiger partial charge on any atom is -0.359 e. The van der Waals surface area contributed by atoms with E-state index in [0.717, 1.165) is 45.0 Å². The van der Waals surface area contributed by atoms with Crippen molar-refractivity contribution in [3.8, 4) is 0 Å². The van der Waals surface area contributed by atoms with E-state index in [-0.39, 0.29) is 5.91 Å². The van der Waals surface area contributed by atoms with Crippen LogP contribution in [0, 0.1) is 11.8 Å². The molecule has 1 saturated heterocycles. The van der Waals surface area contributed by atoms with E-state index >= 15 is 0 Å². The molecule has 1 aromatic rings. The number of carbonyl (C=O) groups is 1. The van der Waals surface area contributed by atoms with E-state index < -0.39 is 0 Å². The molecule has 5 heteroatoms. The maximum Gasteiger partial charge on any atom is 0.220 e. The molecule has 150 valence electrons. The zero-order valence-corrected chi connectivity index (χ0v) is 17.4. The fraction of sp³-hybridized carbons (Fsp3) is 0.636. The van der Waals surface area contributed by atoms with Crippen LogP contribution in [-0.4, -0.2) is 50.0 Å². The highest BCUT2D eigenvalue weighted by molar-refractivity contribution is 5.80. The van der Waals surface area contributed by atoms with Gasteiger partial charge in [0.05, 0.1) is 0 Å². The lowest BCUT2D eigenvalue weighted by Crippen LogP contribution is -2.46. The number of aliphatic imine (C=N–C) groups is 1. The van der Waals surface area contributed by atoms with Gasteiger partial charge in [-0.05, 0) is 37.2 Å². The highest BCUT2D eigenvalue weighted by Crippen LogP contribution is 2.25. The molecule has 0 saturated carbocycles. The first-order chi connectivity index (χ1) is 13.0. The monoisotopic (exact) mass is 372 g/mol. The standard InChI is InChI=1S/C22H36N4O/c1-5-24-22(26-13-11-18(12-14-26)15-21(27)23-4)25-16-20(17(2)3)19-9-7-6-8-10-19/h6-10,17-18,20H,5,11-16H2,1-4H3,(H,23,27)(H,24,25). The molecule has 1 aromatic carbocycles. The van der Waals surface area contributed by atoms with Crippen LogP contribution in [0.2, 0.25) is 0 Å². The Morgan fingerprint density at radius 1 is 1.22 bits per heavy atom. The number of nitrogens with one attached hydrogen (secondary N) is 2. The van der Waals surface area contributed by atoms with Gasteiger partial charge in [-0.1, -0.05) is 44.2 Å². The molecule has 1 aliphatic rings. The Kier molecular flexibility index (Phi) is 8.62. The predicted octanol–water partition coefficient (Wildman–Crippen LogP) is 3.24. The maximum atomic E-state index is 11.6. The van der Waals surface area contributed by atoms with Crippen molar-refractivity contribution in [2.45, 2.75) is 46.0 Å². The maximum absolute atomic E-state index is 11.6. The number of hydrogen-bond donors (Lipinski definition) is 2. The average Bonchev–Trinajstić information content (AvgIpc) is 2.68. The van der Waals surface area contributed by atoms with Crippen molar-refractivity contribution in [1.82, 2.24) is 15.5 Å². The third-order valence-electron chi connectivity index (χ3n) is 5.47. The van der Waals surface area contributed by atoms with E-state index in [9.17, 15) is 4.79 Å². The molecule has 1 fully saturated rings. The third kappa shape index (κ3) is 6.56. The van der Waals surface area contributed by atoms with Gasteiger partial charge in [-0.2, -0.15) is 0 Å². The van der Waals surface area contributed by atoms with Gasteiger partial charge in [-0.3, -0.25) is 9.79 Å². The van der Waals surface area contributed by atoms with Crippen molar-refractivity contribution in [2.75, 3.05) is 33.2 Å². The summed E-state index contributed by atoms with van der Waals surface area (Å²) < 4.78 is 0. The van der Waals surface area contributed by atoms with E-state index in [1.807, 2.05) is 0 Å². The summed E-state index contributed by atoms with van der Waals surface area (Å²) in [7, 11) is 1.71. The first-order valence-electron chi connectivity index (χ1n) is 10.3. The van der Waals surface area contributed by atoms with Crippen LogP contribution in [-0.2, 0) is 4.79 Å². The van der Waals surface area contributed by atoms with E-state index in [2.05, 4.69) is 66.6 Å². The smallest absolute Gasteiger partial charge is 0.220 e. The van der Waals surface area contributed by atoms with Gasteiger partial charge in [0.1, 0.15) is 0 Å². The lowest BCUT2D eigenvalue weighted by atomic mass is 9.88. The van der Waals surface area contributed by atoms with E-state index in [1.54, 1.807) is 7.05 Å². The van der Waals surface area contributed by atoms with Crippen LogP contribution in [0.25, 0.3) is 0 Å². The lowest BCUT2D eigenvalue weighted by molar-refractivity contribution is -0.121. The van der Waals surface area contributed by atoms with Crippen molar-refractivity contribution in [1.29, 1.82) is 0 Å². The van der Waals surface area contributed by atoms with Crippen molar-refractivity contribution in [3.05, 3.63) is 35.9 Å². The average molecular weight is 373 g/mol. The summed E-state index contributed by atoms with van der Waals surface area (Å²) in [6.45, 7) is 10.2. The van der Waals surface area contributed by atoms with Crippen LogP contribution in [0.3, 0.4) is 0 Å². The van der Waals surface area contributed by atoms with Crippen molar-refractivity contribution in [2.24, 2.45) is 16.8 Å². The second kappa shape index (κ2) is 11.0. The van der Waals surface area contributed by atoms with Gasteiger partial charge in [0.15, 0.2) is 5.96 Å². The topological polar surface area (TPSA) is 56.7 Å². The molecule has 1 atom stereocenters. The lowest BCUT2D eigenvalue weighted by Gasteiger charge is -2.34. The molecule has 2 rings (SSSR count). The number of benzene rings is 1. The van der Waals surface area contributed by atoms with E-state index in [0.29, 0.717) is 24.2 Å². The molecule has 0 aliphatic carbocycles. The third-order valence-corrected chi connectivity index (χ3v) is 5.47. The fourth-order valence-electron chi connectivity index (χ4n) is 3.73. The molecule has 1 unspecified atom stereocenters. The molecule has 1 heterocycles. The number of nitrogens with zero attached hydrogens (tertiary/aromatic N) is 2. The minimum atomic E-state index is 0.150. The van der Waals surface area contributed by atoms with E-state index in [1.165, 1.54) is 5.56 Å². The van der Waals surface area contributed by atoms with E-state index in [4.69, 9.17) is 4.99 Å². The Morgan fingerprint density at radius 3 is 2.44 bits per heavy atom. The first-order valence-corrected chi connectivity index (χ1v) is 10.3. The predicted molar refractivity (Wildman–Crippen MR) is 113 cm³/mol. The molecular formula is C22H36N4O. The number of piperidine rings is 1. The minimum absolute atomic E-state index is 0.150. The van der Waals surface area contributed by atoms with Crippen LogP contribution in [0.4, 0.5) is 0 Å². The Labute approximate surface area is 164 Å². The Bertz CT molecular complexity index is 592. The Morgan fingerprint density at radius 2 is 1.89 bits per heavy atom. The number of hydrogen-bond acceptors (Lipinski definition) is 2. The zero-order chi connectivity index (χ0) is 19.6.